The van der Waals surface area contributed by atoms with Crippen LogP contribution in [0, 0.1) is 11.3 Å². The molecule has 1 aromatic carbocycles. The van der Waals surface area contributed by atoms with Crippen LogP contribution < -0.4 is 0 Å². The summed E-state index contributed by atoms with van der Waals surface area (Å²) in [4.78, 5) is 18.5. The Balaban J connectivity index is 1.87. The molecule has 1 amide bonds. The summed E-state index contributed by atoms with van der Waals surface area (Å²) in [5.74, 6) is 1.34. The Kier molecular flexibility index (Phi) is 6.83. The van der Waals surface area contributed by atoms with Crippen LogP contribution in [-0.4, -0.2) is 27.6 Å². The predicted octanol–water partition coefficient (Wildman–Crippen LogP) is 3.62. The summed E-state index contributed by atoms with van der Waals surface area (Å²) >= 11 is 1.59. The number of hydrogen-bond donors (Lipinski definition) is 0. The largest absolute Gasteiger partial charge is 0.335 e. The predicted molar refractivity (Wildman–Crippen MR) is 97.2 cm³/mol. The average Bonchev–Trinajstić information content (AvgIpc) is 2.60. The molecule has 0 atom stereocenters. The van der Waals surface area contributed by atoms with Crippen LogP contribution in [0.5, 0.6) is 0 Å². The summed E-state index contributed by atoms with van der Waals surface area (Å²) in [5, 5.41) is 8.80. The number of rotatable bonds is 7. The molecule has 0 bridgehead atoms. The molecule has 0 unspecified atom stereocenters. The SMILES string of the molecule is CC(C)N(Cc1cccnc1)C(=O)CSCc1ccc(C#N)cc1. The Morgan fingerprint density at radius 1 is 1.25 bits per heavy atom. The topological polar surface area (TPSA) is 57.0 Å². The molecule has 0 aliphatic carbocycles. The number of aromatic nitrogens is 1. The normalized spacial score (nSPS) is 10.4. The molecular formula is C19H21N3OS. The number of thioether (sulfide) groups is 1. The first-order chi connectivity index (χ1) is 11.6. The van der Waals surface area contributed by atoms with Gasteiger partial charge >= 0.3 is 0 Å². The molecule has 0 radical (unpaired) electrons. The van der Waals surface area contributed by atoms with E-state index in [1.807, 2.05) is 43.0 Å². The molecule has 0 N–H and O–H groups in total. The summed E-state index contributed by atoms with van der Waals surface area (Å²) < 4.78 is 0. The molecule has 24 heavy (non-hydrogen) atoms. The van der Waals surface area contributed by atoms with Gasteiger partial charge in [-0.05, 0) is 43.2 Å². The number of nitrogens with zero attached hydrogens (tertiary/aromatic N) is 3. The Morgan fingerprint density at radius 2 is 2.00 bits per heavy atom. The number of pyridine rings is 1. The molecule has 124 valence electrons. The van der Waals surface area contributed by atoms with E-state index in [4.69, 9.17) is 5.26 Å². The number of carbonyl (C=O) groups excluding carboxylic acids is 1. The van der Waals surface area contributed by atoms with Gasteiger partial charge in [-0.1, -0.05) is 18.2 Å². The van der Waals surface area contributed by atoms with Gasteiger partial charge in [-0.25, -0.2) is 0 Å². The number of benzene rings is 1. The maximum Gasteiger partial charge on any atom is 0.233 e. The van der Waals surface area contributed by atoms with Crippen LogP contribution in [-0.2, 0) is 17.1 Å². The van der Waals surface area contributed by atoms with Gasteiger partial charge < -0.3 is 4.90 Å². The second kappa shape index (κ2) is 9.09. The van der Waals surface area contributed by atoms with E-state index in [0.717, 1.165) is 16.9 Å². The molecule has 0 fully saturated rings. The van der Waals surface area contributed by atoms with E-state index < -0.39 is 0 Å². The lowest BCUT2D eigenvalue weighted by Gasteiger charge is -2.26. The minimum absolute atomic E-state index is 0.132. The van der Waals surface area contributed by atoms with E-state index in [9.17, 15) is 4.79 Å². The highest BCUT2D eigenvalue weighted by molar-refractivity contribution is 7.99. The summed E-state index contributed by atoms with van der Waals surface area (Å²) in [5.41, 5.74) is 2.81. The second-order valence-corrected chi connectivity index (χ2v) is 6.76. The Bertz CT molecular complexity index is 693. The molecule has 0 aliphatic heterocycles. The molecule has 2 rings (SSSR count). The molecule has 0 saturated heterocycles. The van der Waals surface area contributed by atoms with Gasteiger partial charge in [0.2, 0.25) is 5.91 Å². The molecular weight excluding hydrogens is 318 g/mol. The van der Waals surface area contributed by atoms with Crippen molar-refractivity contribution in [3.63, 3.8) is 0 Å². The molecule has 1 aromatic heterocycles. The molecule has 2 aromatic rings. The third-order valence-corrected chi connectivity index (χ3v) is 4.59. The van der Waals surface area contributed by atoms with Crippen molar-refractivity contribution in [2.24, 2.45) is 0 Å². The van der Waals surface area contributed by atoms with Crippen LogP contribution in [0.1, 0.15) is 30.5 Å². The second-order valence-electron chi connectivity index (χ2n) is 5.78. The van der Waals surface area contributed by atoms with Gasteiger partial charge in [0, 0.05) is 30.7 Å². The fourth-order valence-electron chi connectivity index (χ4n) is 2.26. The zero-order chi connectivity index (χ0) is 17.4. The van der Waals surface area contributed by atoms with Gasteiger partial charge in [-0.3, -0.25) is 9.78 Å². The van der Waals surface area contributed by atoms with Crippen molar-refractivity contribution in [3.8, 4) is 6.07 Å². The monoisotopic (exact) mass is 339 g/mol. The van der Waals surface area contributed by atoms with E-state index in [1.54, 1.807) is 36.3 Å². The van der Waals surface area contributed by atoms with E-state index >= 15 is 0 Å². The first kappa shape index (κ1) is 18.0. The van der Waals surface area contributed by atoms with Crippen molar-refractivity contribution in [2.75, 3.05) is 5.75 Å². The molecule has 4 nitrogen and oxygen atoms in total. The minimum atomic E-state index is 0.132. The standard InChI is InChI=1S/C19H21N3OS/c1-15(2)22(12-18-4-3-9-21-11-18)19(23)14-24-13-17-7-5-16(10-20)6-8-17/h3-9,11,15H,12-14H2,1-2H3. The summed E-state index contributed by atoms with van der Waals surface area (Å²) in [6.07, 6.45) is 3.53. The van der Waals surface area contributed by atoms with Crippen molar-refractivity contribution in [3.05, 3.63) is 65.5 Å². The lowest BCUT2D eigenvalue weighted by atomic mass is 10.2. The van der Waals surface area contributed by atoms with E-state index in [2.05, 4.69) is 11.1 Å². The highest BCUT2D eigenvalue weighted by atomic mass is 32.2. The fraction of sp³-hybridized carbons (Fsp3) is 0.316. The Labute approximate surface area is 147 Å². The van der Waals surface area contributed by atoms with Crippen LogP contribution in [0.3, 0.4) is 0 Å². The van der Waals surface area contributed by atoms with Crippen molar-refractivity contribution in [1.29, 1.82) is 5.26 Å². The molecule has 0 spiro atoms. The molecule has 5 heteroatoms. The Morgan fingerprint density at radius 3 is 2.58 bits per heavy atom. The van der Waals surface area contributed by atoms with Gasteiger partial charge in [0.1, 0.15) is 0 Å². The van der Waals surface area contributed by atoms with Gasteiger partial charge in [-0.15, -0.1) is 11.8 Å². The minimum Gasteiger partial charge on any atom is -0.335 e. The van der Waals surface area contributed by atoms with Crippen molar-refractivity contribution < 1.29 is 4.79 Å². The number of nitriles is 1. The molecule has 0 aliphatic rings. The fourth-order valence-corrected chi connectivity index (χ4v) is 3.13. The summed E-state index contributed by atoms with van der Waals surface area (Å²) in [7, 11) is 0. The quantitative estimate of drug-likeness (QED) is 0.773. The van der Waals surface area contributed by atoms with Gasteiger partial charge in [0.15, 0.2) is 0 Å². The van der Waals surface area contributed by atoms with E-state index in [1.165, 1.54) is 0 Å². The Hall–Kier alpha value is -2.32. The van der Waals surface area contributed by atoms with Crippen molar-refractivity contribution >= 4 is 17.7 Å². The van der Waals surface area contributed by atoms with Gasteiger partial charge in [0.25, 0.3) is 0 Å². The maximum atomic E-state index is 12.5. The third-order valence-electron chi connectivity index (χ3n) is 3.60. The lowest BCUT2D eigenvalue weighted by molar-refractivity contribution is -0.130. The van der Waals surface area contributed by atoms with E-state index in [0.29, 0.717) is 17.9 Å². The first-order valence-corrected chi connectivity index (χ1v) is 9.00. The zero-order valence-corrected chi connectivity index (χ0v) is 14.8. The van der Waals surface area contributed by atoms with Gasteiger partial charge in [0.05, 0.1) is 17.4 Å². The van der Waals surface area contributed by atoms with Crippen LogP contribution >= 0.6 is 11.8 Å². The summed E-state index contributed by atoms with van der Waals surface area (Å²) in [6, 6.07) is 13.6. The highest BCUT2D eigenvalue weighted by Gasteiger charge is 2.17. The smallest absolute Gasteiger partial charge is 0.233 e. The number of amides is 1. The van der Waals surface area contributed by atoms with Crippen molar-refractivity contribution in [2.45, 2.75) is 32.2 Å². The third kappa shape index (κ3) is 5.39. The van der Waals surface area contributed by atoms with E-state index in [-0.39, 0.29) is 11.9 Å². The summed E-state index contributed by atoms with van der Waals surface area (Å²) in [6.45, 7) is 4.64. The lowest BCUT2D eigenvalue weighted by Crippen LogP contribution is -2.37. The van der Waals surface area contributed by atoms with Crippen LogP contribution in [0.25, 0.3) is 0 Å². The number of hydrogen-bond acceptors (Lipinski definition) is 4. The molecule has 0 saturated carbocycles. The first-order valence-electron chi connectivity index (χ1n) is 7.85. The highest BCUT2D eigenvalue weighted by Crippen LogP contribution is 2.16. The maximum absolute atomic E-state index is 12.5. The average molecular weight is 339 g/mol. The van der Waals surface area contributed by atoms with Crippen molar-refractivity contribution in [1.82, 2.24) is 9.88 Å². The number of carbonyl (C=O) groups is 1. The van der Waals surface area contributed by atoms with Gasteiger partial charge in [-0.2, -0.15) is 5.26 Å². The van der Waals surface area contributed by atoms with Crippen LogP contribution in [0.4, 0.5) is 0 Å². The van der Waals surface area contributed by atoms with Crippen LogP contribution in [0.15, 0.2) is 48.8 Å². The zero-order valence-electron chi connectivity index (χ0n) is 14.0. The van der Waals surface area contributed by atoms with Crippen LogP contribution in [0.2, 0.25) is 0 Å². The molecule has 1 heterocycles.